The number of nitrogens with zero attached hydrogens (tertiary/aromatic N) is 4. The van der Waals surface area contributed by atoms with E-state index in [4.69, 9.17) is 23.2 Å². The van der Waals surface area contributed by atoms with E-state index in [-0.39, 0.29) is 57.4 Å². The van der Waals surface area contributed by atoms with E-state index in [0.717, 1.165) is 59.1 Å². The molecule has 6 aromatic rings. The van der Waals surface area contributed by atoms with Crippen molar-refractivity contribution in [3.05, 3.63) is 150 Å². The van der Waals surface area contributed by atoms with Crippen LogP contribution in [0.5, 0.6) is 0 Å². The van der Waals surface area contributed by atoms with Crippen LogP contribution in [0.2, 0.25) is 10.0 Å². The van der Waals surface area contributed by atoms with Crippen LogP contribution in [0.3, 0.4) is 0 Å². The molecule has 400 valence electrons. The summed E-state index contributed by atoms with van der Waals surface area (Å²) in [5, 5.41) is 10.5. The number of hydrogen-bond donors (Lipinski definition) is 2. The quantitative estimate of drug-likeness (QED) is 0.102. The first kappa shape index (κ1) is 57.3. The summed E-state index contributed by atoms with van der Waals surface area (Å²) in [5.41, 5.74) is 0.273. The number of rotatable bonds is 14. The number of halogens is 10. The Balaban J connectivity index is 0.000000216. The highest BCUT2D eigenvalue weighted by Gasteiger charge is 2.38. The number of benzene rings is 4. The van der Waals surface area contributed by atoms with Crippen molar-refractivity contribution in [1.29, 1.82) is 0 Å². The van der Waals surface area contributed by atoms with Gasteiger partial charge in [-0.3, -0.25) is 0 Å². The molecular formula is C50H52Cl2F8N6O4S4. The molecule has 10 nitrogen and oxygen atoms in total. The maximum absolute atomic E-state index is 15.1. The second-order valence-corrected chi connectivity index (χ2v) is 25.4. The van der Waals surface area contributed by atoms with Crippen LogP contribution in [0.4, 0.5) is 46.5 Å². The first-order chi connectivity index (χ1) is 34.7. The number of anilines is 2. The number of hydrogen-bond acceptors (Lipinski definition) is 12. The lowest BCUT2D eigenvalue weighted by Crippen LogP contribution is -2.47. The van der Waals surface area contributed by atoms with Crippen LogP contribution >= 0.6 is 45.9 Å². The predicted molar refractivity (Wildman–Crippen MR) is 275 cm³/mol. The monoisotopic (exact) mass is 1150 g/mol. The van der Waals surface area contributed by atoms with E-state index < -0.39 is 76.1 Å². The van der Waals surface area contributed by atoms with Gasteiger partial charge in [-0.05, 0) is 126 Å². The molecule has 74 heavy (non-hydrogen) atoms. The van der Waals surface area contributed by atoms with Gasteiger partial charge in [0.1, 0.15) is 42.9 Å². The molecular weight excluding hydrogens is 1100 g/mol. The van der Waals surface area contributed by atoms with E-state index in [9.17, 15) is 43.2 Å². The van der Waals surface area contributed by atoms with Crippen molar-refractivity contribution in [2.75, 3.05) is 38.8 Å². The third-order valence-corrected chi connectivity index (χ3v) is 19.1. The number of sulfone groups is 2. The maximum Gasteiger partial charge on any atom is 0.416 e. The molecule has 0 amide bonds. The van der Waals surface area contributed by atoms with Crippen molar-refractivity contribution in [3.63, 3.8) is 0 Å². The smallest absolute Gasteiger partial charge is 0.379 e. The highest BCUT2D eigenvalue weighted by Crippen LogP contribution is 2.42. The van der Waals surface area contributed by atoms with Crippen LogP contribution in [0.1, 0.15) is 82.6 Å². The molecule has 0 unspecified atom stereocenters. The number of likely N-dealkylation sites (N-methyl/N-ethyl adjacent to an activating group) is 2. The number of thiazole rings is 2. The fourth-order valence-electron chi connectivity index (χ4n) is 9.68. The summed E-state index contributed by atoms with van der Waals surface area (Å²) < 4.78 is 161. The van der Waals surface area contributed by atoms with Crippen LogP contribution in [0.15, 0.2) is 106 Å². The molecule has 4 aromatic carbocycles. The Kier molecular flexibility index (Phi) is 18.2. The minimum atomic E-state index is -4.43. The van der Waals surface area contributed by atoms with Crippen molar-refractivity contribution in [2.24, 2.45) is 0 Å². The lowest BCUT2D eigenvalue weighted by molar-refractivity contribution is -0.138. The molecule has 2 aromatic heterocycles. The lowest BCUT2D eigenvalue weighted by atomic mass is 9.78. The minimum absolute atomic E-state index is 0.00879. The Morgan fingerprint density at radius 2 is 0.973 bits per heavy atom. The molecule has 2 fully saturated rings. The summed E-state index contributed by atoms with van der Waals surface area (Å²) in [5.74, 6) is -3.02. The van der Waals surface area contributed by atoms with Crippen LogP contribution < -0.4 is 10.6 Å². The van der Waals surface area contributed by atoms with Gasteiger partial charge in [0.15, 0.2) is 19.7 Å². The highest BCUT2D eigenvalue weighted by molar-refractivity contribution is 7.91. The molecule has 2 heterocycles. The summed E-state index contributed by atoms with van der Waals surface area (Å²) in [6.07, 6.45) is -2.14. The SMILES string of the molecule is CN(C)[C@@H]1CC[C@@H](c2cccc(C(F)(F)F)c2)C[C@H]1Nc1cc(F)c(S(=O)(=O)Cc2nccs2)cc1Cl.CN(C)[C@H]1CC[C@H](c2cccc(C(F)(F)F)c2)C[C@@H]1Nc1cc(F)c(S(=O)(=O)Cc2nccs2)cc1Cl. The fourth-order valence-corrected chi connectivity index (χ4v) is 14.9. The van der Waals surface area contributed by atoms with E-state index in [0.29, 0.717) is 59.7 Å². The number of nitrogens with one attached hydrogen (secondary N) is 2. The molecule has 2 N–H and O–H groups in total. The zero-order chi connectivity index (χ0) is 53.9. The van der Waals surface area contributed by atoms with Gasteiger partial charge in [-0.15, -0.1) is 22.7 Å². The van der Waals surface area contributed by atoms with Gasteiger partial charge in [0, 0.05) is 47.3 Å². The van der Waals surface area contributed by atoms with Crippen molar-refractivity contribution < 1.29 is 52.0 Å². The van der Waals surface area contributed by atoms with Gasteiger partial charge in [0.2, 0.25) is 0 Å². The highest BCUT2D eigenvalue weighted by atomic mass is 35.5. The Bertz CT molecular complexity index is 2900. The Morgan fingerprint density at radius 1 is 0.595 bits per heavy atom. The number of alkyl halides is 6. The number of aromatic nitrogens is 2. The zero-order valence-corrected chi connectivity index (χ0v) is 45.0. The molecule has 8 rings (SSSR count). The van der Waals surface area contributed by atoms with Gasteiger partial charge in [0.25, 0.3) is 0 Å². The summed E-state index contributed by atoms with van der Waals surface area (Å²) in [7, 11) is -0.409. The topological polar surface area (TPSA) is 125 Å². The molecule has 0 spiro atoms. The third-order valence-electron chi connectivity index (χ3n) is 13.3. The van der Waals surface area contributed by atoms with Crippen LogP contribution in [0.25, 0.3) is 0 Å². The minimum Gasteiger partial charge on any atom is -0.379 e. The maximum atomic E-state index is 15.1. The fraction of sp³-hybridized carbons (Fsp3) is 0.400. The molecule has 0 bridgehead atoms. The van der Waals surface area contributed by atoms with Gasteiger partial charge < -0.3 is 20.4 Å². The van der Waals surface area contributed by atoms with E-state index in [1.54, 1.807) is 22.9 Å². The average Bonchev–Trinajstić information content (AvgIpc) is 4.05. The normalized spacial score (nSPS) is 20.8. The summed E-state index contributed by atoms with van der Waals surface area (Å²) >= 11 is 15.1. The second-order valence-electron chi connectivity index (χ2n) is 18.7. The van der Waals surface area contributed by atoms with Gasteiger partial charge in [-0.25, -0.2) is 35.6 Å². The molecule has 0 saturated heterocycles. The molecule has 2 aliphatic carbocycles. The van der Waals surface area contributed by atoms with Crippen molar-refractivity contribution in [1.82, 2.24) is 19.8 Å². The second kappa shape index (κ2) is 23.4. The molecule has 0 aliphatic heterocycles. The standard InChI is InChI=1S/2C25H26ClF4N3O2S2/c2*1-33(2)22-7-6-16(15-4-3-5-17(10-15)25(28,29)30)11-21(22)32-20-13-19(27)23(12-18(20)26)37(34,35)14-24-31-8-9-36-24/h2*3-5,8-10,12-13,16,21-22,32H,6-7,11,14H2,1-2H3/t2*16-,21-,22-/m10/s1. The lowest BCUT2D eigenvalue weighted by Gasteiger charge is -2.41. The zero-order valence-electron chi connectivity index (χ0n) is 40.2. The van der Waals surface area contributed by atoms with Crippen molar-refractivity contribution in [2.45, 2.75) is 108 Å². The largest absolute Gasteiger partial charge is 0.416 e. The van der Waals surface area contributed by atoms with Gasteiger partial charge in [-0.2, -0.15) is 26.3 Å². The third kappa shape index (κ3) is 14.1. The van der Waals surface area contributed by atoms with Crippen LogP contribution in [-0.4, -0.2) is 89.0 Å². The summed E-state index contributed by atoms with van der Waals surface area (Å²) in [6.45, 7) is 0. The predicted octanol–water partition coefficient (Wildman–Crippen LogP) is 13.2. The van der Waals surface area contributed by atoms with Crippen molar-refractivity contribution in [3.8, 4) is 0 Å². The van der Waals surface area contributed by atoms with Crippen LogP contribution in [0, 0.1) is 11.6 Å². The molecule has 2 saturated carbocycles. The van der Waals surface area contributed by atoms with E-state index in [2.05, 4.69) is 20.6 Å². The molecule has 0 radical (unpaired) electrons. The molecule has 6 atom stereocenters. The van der Waals surface area contributed by atoms with Gasteiger partial charge >= 0.3 is 12.4 Å². The molecule has 24 heteroatoms. The first-order valence-corrected chi connectivity index (χ1v) is 28.9. The van der Waals surface area contributed by atoms with Crippen molar-refractivity contribution >= 4 is 76.9 Å². The Hall–Kier alpha value is -4.42. The average molecular weight is 1150 g/mol. The first-order valence-electron chi connectivity index (χ1n) is 23.1. The van der Waals surface area contributed by atoms with E-state index in [1.165, 1.54) is 36.7 Å². The van der Waals surface area contributed by atoms with E-state index in [1.807, 2.05) is 38.0 Å². The van der Waals surface area contributed by atoms with Crippen LogP contribution in [-0.2, 0) is 43.5 Å². The Labute approximate surface area is 443 Å². The molecule has 2 aliphatic rings. The summed E-state index contributed by atoms with van der Waals surface area (Å²) in [4.78, 5) is 10.9. The van der Waals surface area contributed by atoms with Gasteiger partial charge in [0.05, 0.1) is 32.5 Å². The van der Waals surface area contributed by atoms with Gasteiger partial charge in [-0.1, -0.05) is 59.6 Å². The Morgan fingerprint density at radius 3 is 1.30 bits per heavy atom. The summed E-state index contributed by atoms with van der Waals surface area (Å²) in [6, 6.07) is 14.5. The van der Waals surface area contributed by atoms with E-state index >= 15 is 8.78 Å².